The van der Waals surface area contributed by atoms with Gasteiger partial charge in [-0.3, -0.25) is 0 Å². The highest BCUT2D eigenvalue weighted by molar-refractivity contribution is 6.03. The molecule has 0 aliphatic carbocycles. The Morgan fingerprint density at radius 2 is 2.00 bits per heavy atom. The number of ether oxygens (including phenoxy) is 2. The smallest absolute Gasteiger partial charge is 0.338 e. The quantitative estimate of drug-likeness (QED) is 0.846. The van der Waals surface area contributed by atoms with Crippen LogP contribution in [0.2, 0.25) is 0 Å². The van der Waals surface area contributed by atoms with Gasteiger partial charge in [-0.2, -0.15) is 0 Å². The second-order valence-corrected chi connectivity index (χ2v) is 6.39. The Morgan fingerprint density at radius 1 is 1.22 bits per heavy atom. The van der Waals surface area contributed by atoms with Crippen molar-refractivity contribution in [3.8, 4) is 11.1 Å². The molecule has 6 nitrogen and oxygen atoms in total. The van der Waals surface area contributed by atoms with Crippen LogP contribution in [0.5, 0.6) is 0 Å². The Morgan fingerprint density at radius 3 is 2.81 bits per heavy atom. The molecular weight excluding hydrogens is 344 g/mol. The Bertz CT molecular complexity index is 1020. The number of fused-ring (bicyclic) bond motifs is 2. The second kappa shape index (κ2) is 6.72. The van der Waals surface area contributed by atoms with Gasteiger partial charge in [0.1, 0.15) is 12.4 Å². The molecule has 0 atom stereocenters. The van der Waals surface area contributed by atoms with Crippen LogP contribution in [-0.2, 0) is 20.9 Å². The van der Waals surface area contributed by atoms with E-state index in [9.17, 15) is 9.59 Å². The molecule has 2 aliphatic rings. The summed E-state index contributed by atoms with van der Waals surface area (Å²) in [4.78, 5) is 28.2. The lowest BCUT2D eigenvalue weighted by Gasteiger charge is -2.07. The number of carbonyl (C=O) groups excluding carboxylic acids is 2. The third kappa shape index (κ3) is 3.21. The first-order valence-electron chi connectivity index (χ1n) is 8.70. The van der Waals surface area contributed by atoms with Crippen LogP contribution < -0.4 is 5.73 Å². The zero-order chi connectivity index (χ0) is 19.0. The third-order valence-electron chi connectivity index (χ3n) is 4.55. The second-order valence-electron chi connectivity index (χ2n) is 6.39. The lowest BCUT2D eigenvalue weighted by Crippen LogP contribution is -2.16. The molecule has 2 aliphatic heterocycles. The maximum absolute atomic E-state index is 12.1. The Hall–Kier alpha value is -3.41. The number of nitrogens with zero attached hydrogens (tertiary/aromatic N) is 1. The fourth-order valence-electron chi connectivity index (χ4n) is 3.24. The summed E-state index contributed by atoms with van der Waals surface area (Å²) >= 11 is 0. The Balaban J connectivity index is 1.73. The van der Waals surface area contributed by atoms with Crippen LogP contribution in [-0.4, -0.2) is 24.4 Å². The number of amidine groups is 1. The number of esters is 2. The van der Waals surface area contributed by atoms with E-state index >= 15 is 0 Å². The third-order valence-corrected chi connectivity index (χ3v) is 4.55. The molecule has 0 amide bonds. The van der Waals surface area contributed by atoms with Crippen molar-refractivity contribution < 1.29 is 19.1 Å². The fourth-order valence-corrected chi connectivity index (χ4v) is 3.24. The monoisotopic (exact) mass is 362 g/mol. The van der Waals surface area contributed by atoms with Crippen molar-refractivity contribution in [3.05, 3.63) is 58.7 Å². The largest absolute Gasteiger partial charge is 0.463 e. The van der Waals surface area contributed by atoms with Crippen molar-refractivity contribution in [2.45, 2.75) is 20.0 Å². The first-order valence-corrected chi connectivity index (χ1v) is 8.70. The van der Waals surface area contributed by atoms with Gasteiger partial charge in [-0.25, -0.2) is 14.6 Å². The summed E-state index contributed by atoms with van der Waals surface area (Å²) < 4.78 is 10.1. The van der Waals surface area contributed by atoms with Gasteiger partial charge in [-0.15, -0.1) is 0 Å². The first-order chi connectivity index (χ1) is 13.0. The van der Waals surface area contributed by atoms with E-state index in [0.717, 1.165) is 22.3 Å². The molecule has 0 fully saturated rings. The molecule has 4 rings (SSSR count). The molecule has 0 saturated carbocycles. The summed E-state index contributed by atoms with van der Waals surface area (Å²) in [6.45, 7) is 2.37. The minimum Gasteiger partial charge on any atom is -0.463 e. The number of hydrogen-bond donors (Lipinski definition) is 1. The van der Waals surface area contributed by atoms with Crippen LogP contribution in [0.3, 0.4) is 0 Å². The average molecular weight is 362 g/mol. The summed E-state index contributed by atoms with van der Waals surface area (Å²) in [6.07, 6.45) is 2.02. The maximum atomic E-state index is 12.1. The van der Waals surface area contributed by atoms with Crippen molar-refractivity contribution in [2.75, 3.05) is 6.61 Å². The maximum Gasteiger partial charge on any atom is 0.338 e. The number of nitrogens with two attached hydrogens (primary N) is 1. The topological polar surface area (TPSA) is 91.0 Å². The van der Waals surface area contributed by atoms with Crippen molar-refractivity contribution in [1.29, 1.82) is 0 Å². The first kappa shape index (κ1) is 17.0. The van der Waals surface area contributed by atoms with Crippen LogP contribution >= 0.6 is 0 Å². The number of hydrogen-bond acceptors (Lipinski definition) is 6. The van der Waals surface area contributed by atoms with Gasteiger partial charge in [0.25, 0.3) is 0 Å². The molecule has 136 valence electrons. The highest BCUT2D eigenvalue weighted by atomic mass is 16.5. The predicted molar refractivity (Wildman–Crippen MR) is 102 cm³/mol. The van der Waals surface area contributed by atoms with E-state index in [-0.39, 0.29) is 18.4 Å². The molecule has 2 N–H and O–H groups in total. The van der Waals surface area contributed by atoms with Gasteiger partial charge >= 0.3 is 11.9 Å². The van der Waals surface area contributed by atoms with E-state index in [1.165, 1.54) is 0 Å². The standard InChI is InChI=1S/C21H18N2O4/c1-2-26-20(24)15-8-14-4-3-13(9-18(14)23-19(22)10-15)12-5-6-17-16(7-12)11-27-21(17)25/h3-9H,2,10-11H2,1H3,(H2,22,23). The van der Waals surface area contributed by atoms with Crippen molar-refractivity contribution in [3.63, 3.8) is 0 Å². The minimum absolute atomic E-state index is 0.251. The van der Waals surface area contributed by atoms with Crippen molar-refractivity contribution in [1.82, 2.24) is 0 Å². The number of rotatable bonds is 3. The molecular formula is C21H18N2O4. The summed E-state index contributed by atoms with van der Waals surface area (Å²) in [7, 11) is 0. The highest BCUT2D eigenvalue weighted by Gasteiger charge is 2.22. The van der Waals surface area contributed by atoms with E-state index in [1.807, 2.05) is 30.3 Å². The number of aliphatic imine (C=N–C) groups is 1. The molecule has 0 unspecified atom stereocenters. The van der Waals surface area contributed by atoms with Crippen LogP contribution in [0.4, 0.5) is 5.69 Å². The van der Waals surface area contributed by atoms with E-state index in [0.29, 0.717) is 35.9 Å². The molecule has 2 aromatic rings. The van der Waals surface area contributed by atoms with Gasteiger partial charge in [-0.05, 0) is 42.3 Å². The Labute approximate surface area is 156 Å². The number of cyclic esters (lactones) is 1. The van der Waals surface area contributed by atoms with Crippen molar-refractivity contribution in [2.24, 2.45) is 10.7 Å². The van der Waals surface area contributed by atoms with E-state index in [1.54, 1.807) is 19.1 Å². The molecule has 27 heavy (non-hydrogen) atoms. The molecule has 0 spiro atoms. The summed E-state index contributed by atoms with van der Waals surface area (Å²) in [6, 6.07) is 11.4. The molecule has 0 saturated heterocycles. The van der Waals surface area contributed by atoms with Crippen molar-refractivity contribution >= 4 is 29.5 Å². The van der Waals surface area contributed by atoms with Gasteiger partial charge < -0.3 is 15.2 Å². The molecule has 0 aromatic heterocycles. The van der Waals surface area contributed by atoms with Gasteiger partial charge in [0.15, 0.2) is 0 Å². The molecule has 0 radical (unpaired) electrons. The lowest BCUT2D eigenvalue weighted by atomic mass is 9.98. The molecule has 0 bridgehead atoms. The molecule has 2 heterocycles. The van der Waals surface area contributed by atoms with Crippen LogP contribution in [0.1, 0.15) is 34.8 Å². The van der Waals surface area contributed by atoms with Crippen LogP contribution in [0.15, 0.2) is 47.0 Å². The number of carbonyl (C=O) groups is 2. The average Bonchev–Trinajstić information content (AvgIpc) is 2.93. The van der Waals surface area contributed by atoms with E-state index in [4.69, 9.17) is 15.2 Å². The minimum atomic E-state index is -0.379. The fraction of sp³-hybridized carbons (Fsp3) is 0.190. The normalized spacial score (nSPS) is 15.1. The zero-order valence-corrected chi connectivity index (χ0v) is 14.8. The zero-order valence-electron chi connectivity index (χ0n) is 14.8. The number of benzene rings is 2. The molecule has 6 heteroatoms. The summed E-state index contributed by atoms with van der Waals surface area (Å²) in [5, 5.41) is 0. The lowest BCUT2D eigenvalue weighted by molar-refractivity contribution is -0.138. The van der Waals surface area contributed by atoms with E-state index < -0.39 is 0 Å². The van der Waals surface area contributed by atoms with Gasteiger partial charge in [-0.1, -0.05) is 18.2 Å². The predicted octanol–water partition coefficient (Wildman–Crippen LogP) is 3.36. The van der Waals surface area contributed by atoms with Gasteiger partial charge in [0.05, 0.1) is 17.9 Å². The van der Waals surface area contributed by atoms with Crippen LogP contribution in [0, 0.1) is 0 Å². The van der Waals surface area contributed by atoms with Crippen LogP contribution in [0.25, 0.3) is 17.2 Å². The summed E-state index contributed by atoms with van der Waals surface area (Å²) in [5.74, 6) is -0.304. The van der Waals surface area contributed by atoms with E-state index in [2.05, 4.69) is 4.99 Å². The molecule has 2 aromatic carbocycles. The highest BCUT2D eigenvalue weighted by Crippen LogP contribution is 2.33. The van der Waals surface area contributed by atoms with Gasteiger partial charge in [0.2, 0.25) is 0 Å². The van der Waals surface area contributed by atoms with Gasteiger partial charge in [0, 0.05) is 23.1 Å². The summed E-state index contributed by atoms with van der Waals surface area (Å²) in [5.41, 5.74) is 11.4. The SMILES string of the molecule is CCOC(=O)C1=Cc2ccc(-c3ccc4c(c3)COC4=O)cc2N=C(N)C1. The Kier molecular flexibility index (Phi) is 4.24.